The molecular weight excluding hydrogens is 292 g/mol. The summed E-state index contributed by atoms with van der Waals surface area (Å²) in [7, 11) is 0. The van der Waals surface area contributed by atoms with Crippen LogP contribution in [-0.2, 0) is 6.54 Å². The van der Waals surface area contributed by atoms with E-state index in [1.54, 1.807) is 38.5 Å². The largest absolute Gasteiger partial charge is 0.300 e. The highest BCUT2D eigenvalue weighted by molar-refractivity contribution is 5.14. The van der Waals surface area contributed by atoms with Crippen molar-refractivity contribution in [3.8, 4) is 0 Å². The lowest BCUT2D eigenvalue weighted by molar-refractivity contribution is -0.0738. The molecule has 5 fully saturated rings. The molecule has 4 bridgehead atoms. The Labute approximate surface area is 147 Å². The first-order chi connectivity index (χ1) is 11.8. The summed E-state index contributed by atoms with van der Waals surface area (Å²) in [5.74, 6) is 3.28. The standard InChI is InChI=1S/C22H32N2/c1-2-4-18(5-3-1)16-23-6-8-24(9-7-23)17-22-13-19-10-20(14-22)12-21(11-19)15-22/h1-5,19-21H,6-17H2. The van der Waals surface area contributed by atoms with Crippen LogP contribution >= 0.6 is 0 Å². The van der Waals surface area contributed by atoms with E-state index in [1.807, 2.05) is 0 Å². The summed E-state index contributed by atoms with van der Waals surface area (Å²) >= 11 is 0. The molecule has 0 amide bonds. The highest BCUT2D eigenvalue weighted by atomic mass is 15.3. The van der Waals surface area contributed by atoms with Crippen molar-refractivity contribution in [2.24, 2.45) is 23.2 Å². The third-order valence-electron chi connectivity index (χ3n) is 7.44. The molecule has 5 aliphatic rings. The van der Waals surface area contributed by atoms with Crippen molar-refractivity contribution in [1.82, 2.24) is 9.80 Å². The minimum Gasteiger partial charge on any atom is -0.300 e. The van der Waals surface area contributed by atoms with E-state index in [4.69, 9.17) is 0 Å². The van der Waals surface area contributed by atoms with Crippen LogP contribution in [0.5, 0.6) is 0 Å². The van der Waals surface area contributed by atoms with E-state index in [-0.39, 0.29) is 0 Å². The SMILES string of the molecule is c1ccc(CN2CCN(CC34CC5CC(CC(C5)C3)C4)CC2)cc1. The van der Waals surface area contributed by atoms with Gasteiger partial charge in [0.05, 0.1) is 0 Å². The summed E-state index contributed by atoms with van der Waals surface area (Å²) in [5, 5.41) is 0. The molecule has 2 heteroatoms. The van der Waals surface area contributed by atoms with Gasteiger partial charge in [0.25, 0.3) is 0 Å². The van der Waals surface area contributed by atoms with Crippen LogP contribution in [-0.4, -0.2) is 42.5 Å². The van der Waals surface area contributed by atoms with Gasteiger partial charge in [0.1, 0.15) is 0 Å². The van der Waals surface area contributed by atoms with Gasteiger partial charge in [-0.3, -0.25) is 4.90 Å². The molecule has 1 heterocycles. The summed E-state index contributed by atoms with van der Waals surface area (Å²) in [6.45, 7) is 7.62. The number of hydrogen-bond acceptors (Lipinski definition) is 2. The Morgan fingerprint density at radius 3 is 1.88 bits per heavy atom. The van der Waals surface area contributed by atoms with E-state index in [0.717, 1.165) is 29.7 Å². The maximum absolute atomic E-state index is 2.81. The minimum absolute atomic E-state index is 0.719. The Morgan fingerprint density at radius 2 is 1.29 bits per heavy atom. The monoisotopic (exact) mass is 324 g/mol. The van der Waals surface area contributed by atoms with Crippen LogP contribution in [0.2, 0.25) is 0 Å². The smallest absolute Gasteiger partial charge is 0.0234 e. The zero-order valence-electron chi connectivity index (χ0n) is 15.0. The van der Waals surface area contributed by atoms with Gasteiger partial charge in [-0.15, -0.1) is 0 Å². The van der Waals surface area contributed by atoms with Gasteiger partial charge in [0.15, 0.2) is 0 Å². The number of piperazine rings is 1. The van der Waals surface area contributed by atoms with Crippen LogP contribution in [0.15, 0.2) is 30.3 Å². The normalized spacial score (nSPS) is 39.4. The third kappa shape index (κ3) is 3.04. The van der Waals surface area contributed by atoms with E-state index in [0.29, 0.717) is 0 Å². The molecule has 0 spiro atoms. The van der Waals surface area contributed by atoms with E-state index in [9.17, 15) is 0 Å². The van der Waals surface area contributed by atoms with Crippen molar-refractivity contribution in [2.75, 3.05) is 32.7 Å². The molecule has 0 aromatic heterocycles. The Bertz CT molecular complexity index is 523. The predicted molar refractivity (Wildman–Crippen MR) is 98.8 cm³/mol. The van der Waals surface area contributed by atoms with E-state index < -0.39 is 0 Å². The molecule has 6 rings (SSSR count). The van der Waals surface area contributed by atoms with Crippen molar-refractivity contribution in [3.63, 3.8) is 0 Å². The predicted octanol–water partition coefficient (Wildman–Crippen LogP) is 4.02. The first-order valence-corrected chi connectivity index (χ1v) is 10.3. The Balaban J connectivity index is 1.16. The van der Waals surface area contributed by atoms with E-state index >= 15 is 0 Å². The average Bonchev–Trinajstić information content (AvgIpc) is 2.56. The second kappa shape index (κ2) is 6.14. The fourth-order valence-corrected chi connectivity index (χ4v) is 6.91. The average molecular weight is 325 g/mol. The molecule has 4 saturated carbocycles. The van der Waals surface area contributed by atoms with Gasteiger partial charge in [-0.1, -0.05) is 30.3 Å². The van der Waals surface area contributed by atoms with Gasteiger partial charge in [-0.25, -0.2) is 0 Å². The number of rotatable bonds is 4. The molecular formula is C22H32N2. The van der Waals surface area contributed by atoms with Crippen LogP contribution in [0.1, 0.15) is 44.1 Å². The summed E-state index contributed by atoms with van der Waals surface area (Å²) in [5.41, 5.74) is 2.18. The topological polar surface area (TPSA) is 6.48 Å². The lowest BCUT2D eigenvalue weighted by Gasteiger charge is -2.58. The van der Waals surface area contributed by atoms with Crippen molar-refractivity contribution in [2.45, 2.75) is 45.1 Å². The maximum Gasteiger partial charge on any atom is 0.0234 e. The fraction of sp³-hybridized carbons (Fsp3) is 0.727. The van der Waals surface area contributed by atoms with E-state index in [2.05, 4.69) is 40.1 Å². The molecule has 1 aliphatic heterocycles. The van der Waals surface area contributed by atoms with Gasteiger partial charge in [0.2, 0.25) is 0 Å². The van der Waals surface area contributed by atoms with Gasteiger partial charge < -0.3 is 4.90 Å². The van der Waals surface area contributed by atoms with Gasteiger partial charge in [0, 0.05) is 39.3 Å². The molecule has 1 aromatic carbocycles. The summed E-state index contributed by atoms with van der Waals surface area (Å²) < 4.78 is 0. The van der Waals surface area contributed by atoms with Crippen LogP contribution < -0.4 is 0 Å². The van der Waals surface area contributed by atoms with Crippen LogP contribution in [0.4, 0.5) is 0 Å². The summed E-state index contributed by atoms with van der Waals surface area (Å²) in [6.07, 6.45) is 9.40. The molecule has 0 radical (unpaired) electrons. The van der Waals surface area contributed by atoms with Crippen molar-refractivity contribution in [3.05, 3.63) is 35.9 Å². The minimum atomic E-state index is 0.719. The van der Waals surface area contributed by atoms with Gasteiger partial charge in [-0.2, -0.15) is 0 Å². The zero-order valence-corrected chi connectivity index (χ0v) is 15.0. The fourth-order valence-electron chi connectivity index (χ4n) is 6.91. The molecule has 4 aliphatic carbocycles. The second-order valence-corrected chi connectivity index (χ2v) is 9.46. The quantitative estimate of drug-likeness (QED) is 0.825. The molecule has 130 valence electrons. The molecule has 0 atom stereocenters. The zero-order chi connectivity index (χ0) is 16.0. The molecule has 1 aromatic rings. The number of nitrogens with zero attached hydrogens (tertiary/aromatic N) is 2. The Kier molecular flexibility index (Phi) is 3.94. The second-order valence-electron chi connectivity index (χ2n) is 9.46. The Morgan fingerprint density at radius 1 is 0.750 bits per heavy atom. The highest BCUT2D eigenvalue weighted by Crippen LogP contribution is 2.60. The lowest BCUT2D eigenvalue weighted by atomic mass is 9.49. The lowest BCUT2D eigenvalue weighted by Crippen LogP contribution is -2.54. The highest BCUT2D eigenvalue weighted by Gasteiger charge is 2.51. The van der Waals surface area contributed by atoms with Gasteiger partial charge >= 0.3 is 0 Å². The third-order valence-corrected chi connectivity index (χ3v) is 7.44. The first kappa shape index (κ1) is 15.4. The number of benzene rings is 1. The maximum atomic E-state index is 2.81. The van der Waals surface area contributed by atoms with Crippen LogP contribution in [0, 0.1) is 23.2 Å². The molecule has 1 saturated heterocycles. The Hall–Kier alpha value is -0.860. The van der Waals surface area contributed by atoms with Crippen molar-refractivity contribution < 1.29 is 0 Å². The molecule has 0 N–H and O–H groups in total. The first-order valence-electron chi connectivity index (χ1n) is 10.3. The molecule has 24 heavy (non-hydrogen) atoms. The van der Waals surface area contributed by atoms with Crippen molar-refractivity contribution in [1.29, 1.82) is 0 Å². The van der Waals surface area contributed by atoms with Crippen molar-refractivity contribution >= 4 is 0 Å². The van der Waals surface area contributed by atoms with Gasteiger partial charge in [-0.05, 0) is 67.3 Å². The summed E-state index contributed by atoms with van der Waals surface area (Å²) in [6, 6.07) is 11.0. The van der Waals surface area contributed by atoms with Crippen LogP contribution in [0.3, 0.4) is 0 Å². The van der Waals surface area contributed by atoms with E-state index in [1.165, 1.54) is 38.3 Å². The van der Waals surface area contributed by atoms with Crippen LogP contribution in [0.25, 0.3) is 0 Å². The molecule has 2 nitrogen and oxygen atoms in total. The molecule has 0 unspecified atom stereocenters. The summed E-state index contributed by atoms with van der Waals surface area (Å²) in [4.78, 5) is 5.46. The number of hydrogen-bond donors (Lipinski definition) is 0.